The summed E-state index contributed by atoms with van der Waals surface area (Å²) in [5.41, 5.74) is 9.56. The molecule has 0 spiro atoms. The summed E-state index contributed by atoms with van der Waals surface area (Å²) in [6.45, 7) is 7.84. The van der Waals surface area contributed by atoms with Crippen LogP contribution in [0.1, 0.15) is 19.3 Å². The molecule has 6 unspecified atom stereocenters. The second kappa shape index (κ2) is 10.2. The molecule has 6 N–H and O–H groups in total. The number of rotatable bonds is 5. The van der Waals surface area contributed by atoms with Gasteiger partial charge in [0, 0.05) is 63.9 Å². The number of hydrogen-bond acceptors (Lipinski definition) is 9. The molecule has 5 saturated heterocycles. The highest BCUT2D eigenvalue weighted by molar-refractivity contribution is 6.21. The maximum atomic E-state index is 13.4. The summed E-state index contributed by atoms with van der Waals surface area (Å²) in [6, 6.07) is 1.92. The number of likely N-dealkylation sites (N-methyl/N-ethyl adjacent to an activating group) is 1. The van der Waals surface area contributed by atoms with Crippen LogP contribution in [-0.4, -0.2) is 134 Å². The predicted octanol–water partition coefficient (Wildman–Crippen LogP) is -2.20. The number of nitrogens with two attached hydrogens (primary N) is 1. The molecule has 0 aromatic carbocycles. The number of carbonyl (C=O) groups is 1. The molecule has 188 valence electrons. The van der Waals surface area contributed by atoms with E-state index in [4.69, 9.17) is 17.3 Å². The molecule has 6 atom stereocenters. The van der Waals surface area contributed by atoms with Gasteiger partial charge in [-0.25, -0.2) is 10.4 Å². The summed E-state index contributed by atoms with van der Waals surface area (Å²) in [5, 5.41) is 12.3. The quantitative estimate of drug-likeness (QED) is 0.279. The number of nitrogens with one attached hydrogen (secondary N) is 4. The molecule has 5 aliphatic heterocycles. The Bertz CT molecular complexity index is 685. The van der Waals surface area contributed by atoms with E-state index in [9.17, 15) is 4.79 Å². The van der Waals surface area contributed by atoms with Crippen LogP contribution in [-0.2, 0) is 4.79 Å². The van der Waals surface area contributed by atoms with E-state index >= 15 is 0 Å². The molecule has 11 heteroatoms. The van der Waals surface area contributed by atoms with E-state index in [1.807, 2.05) is 5.01 Å². The monoisotopic (exact) mass is 483 g/mol. The van der Waals surface area contributed by atoms with Crippen molar-refractivity contribution in [3.63, 3.8) is 0 Å². The van der Waals surface area contributed by atoms with E-state index in [1.165, 1.54) is 25.9 Å². The maximum Gasteiger partial charge on any atom is 0.229 e. The van der Waals surface area contributed by atoms with Crippen LogP contribution in [0.2, 0.25) is 0 Å². The molecule has 0 aliphatic carbocycles. The minimum atomic E-state index is -0.405. The zero-order valence-electron chi connectivity index (χ0n) is 20.0. The number of carbonyl (C=O) groups excluding carboxylic acids is 1. The van der Waals surface area contributed by atoms with Crippen molar-refractivity contribution in [2.75, 3.05) is 66.5 Å². The molecule has 10 nitrogen and oxygen atoms in total. The molecule has 1 amide bonds. The highest BCUT2D eigenvalue weighted by atomic mass is 35.5. The average molecular weight is 484 g/mol. The molecule has 0 aromatic rings. The van der Waals surface area contributed by atoms with Crippen molar-refractivity contribution < 1.29 is 4.79 Å². The summed E-state index contributed by atoms with van der Waals surface area (Å²) < 4.78 is 0. The number of halogens is 1. The van der Waals surface area contributed by atoms with Crippen LogP contribution in [0.3, 0.4) is 0 Å². The van der Waals surface area contributed by atoms with Gasteiger partial charge in [-0.2, -0.15) is 0 Å². The van der Waals surface area contributed by atoms with E-state index in [1.54, 1.807) is 0 Å². The molecule has 0 radical (unpaired) electrons. The fourth-order valence-corrected chi connectivity index (χ4v) is 6.62. The first-order valence-electron chi connectivity index (χ1n) is 12.7. The number of fused-ring (bicyclic) bond motifs is 1. The molecule has 0 saturated carbocycles. The van der Waals surface area contributed by atoms with Gasteiger partial charge in [0.1, 0.15) is 0 Å². The highest BCUT2D eigenvalue weighted by Gasteiger charge is 2.47. The summed E-state index contributed by atoms with van der Waals surface area (Å²) in [7, 11) is 4.36. The van der Waals surface area contributed by atoms with Gasteiger partial charge in [0.2, 0.25) is 5.91 Å². The fraction of sp³-hybridized carbons (Fsp3) is 0.955. The minimum absolute atomic E-state index is 0.0163. The van der Waals surface area contributed by atoms with Crippen molar-refractivity contribution in [2.45, 2.75) is 61.1 Å². The molecule has 33 heavy (non-hydrogen) atoms. The smallest absolute Gasteiger partial charge is 0.229 e. The summed E-state index contributed by atoms with van der Waals surface area (Å²) in [4.78, 5) is 21.0. The zero-order chi connectivity index (χ0) is 23.1. The minimum Gasteiger partial charge on any atom is -0.350 e. The van der Waals surface area contributed by atoms with Gasteiger partial charge in [-0.3, -0.25) is 19.9 Å². The van der Waals surface area contributed by atoms with Crippen molar-refractivity contribution in [1.82, 2.24) is 41.1 Å². The Balaban J connectivity index is 1.15. The van der Waals surface area contributed by atoms with Crippen LogP contribution in [0, 0.1) is 5.92 Å². The van der Waals surface area contributed by atoms with Gasteiger partial charge in [-0.1, -0.05) is 0 Å². The SMILES string of the molecule is CN(C)C1CN(C2CCN(C3CCNCC3NC(=O)C3C(N)NN4CC(Cl)CNC34)CC2)C1. The van der Waals surface area contributed by atoms with Crippen molar-refractivity contribution in [3.05, 3.63) is 0 Å². The van der Waals surface area contributed by atoms with E-state index < -0.39 is 6.17 Å². The summed E-state index contributed by atoms with van der Waals surface area (Å²) in [5.74, 6) is -0.301. The van der Waals surface area contributed by atoms with Gasteiger partial charge in [0.15, 0.2) is 0 Å². The number of likely N-dealkylation sites (tertiary alicyclic amines) is 2. The second-order valence-electron chi connectivity index (χ2n) is 10.8. The molecule has 5 aliphatic rings. The largest absolute Gasteiger partial charge is 0.350 e. The van der Waals surface area contributed by atoms with E-state index in [2.05, 4.69) is 50.2 Å². The standard InChI is InChI=1S/C22H42ClN9O/c1-29(2)16-12-31(13-16)15-4-7-30(8-5-15)18-3-6-25-10-17(18)27-22(33)19-20(24)28-32-11-14(23)9-26-21(19)32/h14-21,25-26,28H,3-13,24H2,1-2H3,(H,27,33). The molecule has 5 heterocycles. The Morgan fingerprint density at radius 1 is 1.09 bits per heavy atom. The first-order chi connectivity index (χ1) is 15.9. The number of hydrazine groups is 1. The van der Waals surface area contributed by atoms with Gasteiger partial charge in [0.25, 0.3) is 0 Å². The average Bonchev–Trinajstić information content (AvgIpc) is 3.08. The summed E-state index contributed by atoms with van der Waals surface area (Å²) >= 11 is 6.28. The van der Waals surface area contributed by atoms with Crippen molar-refractivity contribution in [2.24, 2.45) is 11.7 Å². The lowest BCUT2D eigenvalue weighted by Crippen LogP contribution is -2.65. The third-order valence-electron chi connectivity index (χ3n) is 8.50. The van der Waals surface area contributed by atoms with Crippen LogP contribution < -0.4 is 27.1 Å². The lowest BCUT2D eigenvalue weighted by Gasteiger charge is -2.51. The second-order valence-corrected chi connectivity index (χ2v) is 11.4. The fourth-order valence-electron chi connectivity index (χ4n) is 6.38. The number of hydrogen-bond donors (Lipinski definition) is 5. The normalized spacial score (nSPS) is 40.0. The molecule has 5 fully saturated rings. The van der Waals surface area contributed by atoms with Crippen LogP contribution in [0.15, 0.2) is 0 Å². The Morgan fingerprint density at radius 3 is 2.58 bits per heavy atom. The zero-order valence-corrected chi connectivity index (χ0v) is 20.8. The number of nitrogens with zero attached hydrogens (tertiary/aromatic N) is 4. The Kier molecular flexibility index (Phi) is 7.46. The van der Waals surface area contributed by atoms with Gasteiger partial charge in [-0.05, 0) is 39.9 Å². The van der Waals surface area contributed by atoms with Gasteiger partial charge < -0.3 is 21.3 Å². The van der Waals surface area contributed by atoms with E-state index in [0.29, 0.717) is 31.2 Å². The van der Waals surface area contributed by atoms with Crippen molar-refractivity contribution >= 4 is 17.5 Å². The van der Waals surface area contributed by atoms with Crippen LogP contribution in [0.25, 0.3) is 0 Å². The van der Waals surface area contributed by atoms with Crippen LogP contribution >= 0.6 is 11.6 Å². The van der Waals surface area contributed by atoms with Crippen LogP contribution in [0.5, 0.6) is 0 Å². The van der Waals surface area contributed by atoms with E-state index in [0.717, 1.165) is 32.6 Å². The number of alkyl halides is 1. The first-order valence-corrected chi connectivity index (χ1v) is 13.2. The highest BCUT2D eigenvalue weighted by Crippen LogP contribution is 2.27. The van der Waals surface area contributed by atoms with Gasteiger partial charge in [-0.15, -0.1) is 11.6 Å². The van der Waals surface area contributed by atoms with Gasteiger partial charge in [0.05, 0.1) is 29.7 Å². The lowest BCUT2D eigenvalue weighted by molar-refractivity contribution is -0.128. The molecule has 0 bridgehead atoms. The maximum absolute atomic E-state index is 13.4. The Hall–Kier alpha value is -0.560. The third-order valence-corrected chi connectivity index (χ3v) is 8.79. The predicted molar refractivity (Wildman–Crippen MR) is 130 cm³/mol. The Morgan fingerprint density at radius 2 is 1.85 bits per heavy atom. The number of piperidine rings is 2. The summed E-state index contributed by atoms with van der Waals surface area (Å²) in [6.07, 6.45) is 3.01. The Labute approximate surface area is 202 Å². The topological polar surface area (TPSA) is 104 Å². The molecule has 5 rings (SSSR count). The molecule has 0 aromatic heterocycles. The van der Waals surface area contributed by atoms with Crippen molar-refractivity contribution in [3.8, 4) is 0 Å². The lowest BCUT2D eigenvalue weighted by atomic mass is 9.92. The van der Waals surface area contributed by atoms with Crippen molar-refractivity contribution in [1.29, 1.82) is 0 Å². The number of amides is 1. The third kappa shape index (κ3) is 5.05. The molecular formula is C22H42ClN9O. The van der Waals surface area contributed by atoms with E-state index in [-0.39, 0.29) is 29.4 Å². The van der Waals surface area contributed by atoms with Crippen LogP contribution in [0.4, 0.5) is 0 Å². The molecular weight excluding hydrogens is 442 g/mol. The first kappa shape index (κ1) is 24.1. The van der Waals surface area contributed by atoms with Gasteiger partial charge >= 0.3 is 0 Å².